The van der Waals surface area contributed by atoms with Gasteiger partial charge in [0.2, 0.25) is 5.91 Å². The van der Waals surface area contributed by atoms with Crippen molar-refractivity contribution in [3.63, 3.8) is 0 Å². The summed E-state index contributed by atoms with van der Waals surface area (Å²) >= 11 is 0. The smallest absolute Gasteiger partial charge is 0.233 e. The maximum absolute atomic E-state index is 14.0. The summed E-state index contributed by atoms with van der Waals surface area (Å²) in [6.45, 7) is 7.75. The van der Waals surface area contributed by atoms with Crippen molar-refractivity contribution in [1.82, 2.24) is 14.7 Å². The SMILES string of the molecule is CN1CCC(C(=O)N2CC[C@@]3(CCCN(CC4CC4)C3)C2)(c2ccccc2)CC1. The largest absolute Gasteiger partial charge is 0.341 e. The molecule has 0 aromatic heterocycles. The van der Waals surface area contributed by atoms with Crippen molar-refractivity contribution in [1.29, 1.82) is 0 Å². The topological polar surface area (TPSA) is 26.8 Å². The van der Waals surface area contributed by atoms with E-state index in [1.54, 1.807) is 0 Å². The number of piperidine rings is 2. The Morgan fingerprint density at radius 3 is 2.45 bits per heavy atom. The van der Waals surface area contributed by atoms with Crippen LogP contribution in [0.2, 0.25) is 0 Å². The van der Waals surface area contributed by atoms with Crippen LogP contribution in [0, 0.1) is 11.3 Å². The molecule has 4 heteroatoms. The highest BCUT2D eigenvalue weighted by atomic mass is 16.2. The number of nitrogens with zero attached hydrogens (tertiary/aromatic N) is 3. The highest BCUT2D eigenvalue weighted by Gasteiger charge is 2.49. The second-order valence-electron chi connectivity index (χ2n) is 10.5. The molecule has 5 rings (SSSR count). The van der Waals surface area contributed by atoms with Gasteiger partial charge in [0, 0.05) is 31.6 Å². The zero-order valence-electron chi connectivity index (χ0n) is 18.1. The number of benzene rings is 1. The van der Waals surface area contributed by atoms with Crippen LogP contribution in [0.5, 0.6) is 0 Å². The van der Waals surface area contributed by atoms with Gasteiger partial charge in [0.05, 0.1) is 5.41 Å². The molecule has 0 bridgehead atoms. The predicted octanol–water partition coefficient (Wildman–Crippen LogP) is 3.37. The Hall–Kier alpha value is -1.39. The Kier molecular flexibility index (Phi) is 5.19. The third-order valence-corrected chi connectivity index (χ3v) is 8.26. The van der Waals surface area contributed by atoms with Crippen LogP contribution < -0.4 is 0 Å². The molecule has 29 heavy (non-hydrogen) atoms. The average molecular weight is 396 g/mol. The normalized spacial score (nSPS) is 30.7. The first-order valence-electron chi connectivity index (χ1n) is 11.8. The maximum atomic E-state index is 14.0. The van der Waals surface area contributed by atoms with Gasteiger partial charge >= 0.3 is 0 Å². The van der Waals surface area contributed by atoms with E-state index >= 15 is 0 Å². The van der Waals surface area contributed by atoms with E-state index in [9.17, 15) is 4.79 Å². The standard InChI is InChI=1S/C25H37N3O/c1-26-15-12-25(13-16-26,22-6-3-2-4-7-22)23(29)28-17-11-24(20-28)10-5-14-27(19-24)18-21-8-9-21/h2-4,6-7,21H,5,8-20H2,1H3/t24-/m1/s1. The number of likely N-dealkylation sites (tertiary alicyclic amines) is 3. The van der Waals surface area contributed by atoms with Gasteiger partial charge in [0.25, 0.3) is 0 Å². The van der Waals surface area contributed by atoms with E-state index in [2.05, 4.69) is 52.1 Å². The molecule has 0 unspecified atom stereocenters. The fourth-order valence-corrected chi connectivity index (χ4v) is 6.26. The van der Waals surface area contributed by atoms with Crippen LogP contribution >= 0.6 is 0 Å². The van der Waals surface area contributed by atoms with Gasteiger partial charge in [-0.25, -0.2) is 0 Å². The molecule has 1 atom stereocenters. The van der Waals surface area contributed by atoms with Crippen molar-refractivity contribution in [2.24, 2.45) is 11.3 Å². The molecule has 3 saturated heterocycles. The van der Waals surface area contributed by atoms with E-state index in [4.69, 9.17) is 0 Å². The van der Waals surface area contributed by atoms with Crippen LogP contribution in [-0.4, -0.2) is 73.5 Å². The van der Waals surface area contributed by atoms with E-state index in [0.29, 0.717) is 11.3 Å². The van der Waals surface area contributed by atoms with Crippen molar-refractivity contribution < 1.29 is 4.79 Å². The summed E-state index contributed by atoms with van der Waals surface area (Å²) in [5.74, 6) is 1.37. The van der Waals surface area contributed by atoms with E-state index < -0.39 is 0 Å². The molecule has 3 heterocycles. The molecule has 1 aliphatic carbocycles. The highest BCUT2D eigenvalue weighted by Crippen LogP contribution is 2.44. The minimum Gasteiger partial charge on any atom is -0.341 e. The van der Waals surface area contributed by atoms with Crippen molar-refractivity contribution >= 4 is 5.91 Å². The number of rotatable bonds is 4. The van der Waals surface area contributed by atoms with Gasteiger partial charge < -0.3 is 14.7 Å². The Bertz CT molecular complexity index is 723. The lowest BCUT2D eigenvalue weighted by Gasteiger charge is -2.43. The molecule has 1 aromatic carbocycles. The Balaban J connectivity index is 1.33. The molecule has 3 aliphatic heterocycles. The minimum atomic E-state index is -0.318. The number of carbonyl (C=O) groups excluding carboxylic acids is 1. The number of hydrogen-bond acceptors (Lipinski definition) is 3. The van der Waals surface area contributed by atoms with E-state index in [-0.39, 0.29) is 5.41 Å². The number of hydrogen-bond donors (Lipinski definition) is 0. The molecule has 158 valence electrons. The summed E-state index contributed by atoms with van der Waals surface area (Å²) in [5.41, 5.74) is 1.27. The van der Waals surface area contributed by atoms with E-state index in [0.717, 1.165) is 44.9 Å². The lowest BCUT2D eigenvalue weighted by molar-refractivity contribution is -0.139. The zero-order chi connectivity index (χ0) is 19.9. The van der Waals surface area contributed by atoms with Crippen molar-refractivity contribution in [2.75, 3.05) is 52.9 Å². The molecule has 1 aromatic rings. The van der Waals surface area contributed by atoms with Crippen LogP contribution in [0.1, 0.15) is 50.5 Å². The first kappa shape index (κ1) is 19.6. The zero-order valence-corrected chi connectivity index (χ0v) is 18.1. The molecular formula is C25H37N3O. The van der Waals surface area contributed by atoms with Crippen LogP contribution in [0.15, 0.2) is 30.3 Å². The highest BCUT2D eigenvalue weighted by molar-refractivity contribution is 5.88. The number of carbonyl (C=O) groups is 1. The van der Waals surface area contributed by atoms with E-state index in [1.807, 2.05) is 0 Å². The molecule has 1 spiro atoms. The van der Waals surface area contributed by atoms with Gasteiger partial charge in [-0.05, 0) is 83.1 Å². The fourth-order valence-electron chi connectivity index (χ4n) is 6.26. The summed E-state index contributed by atoms with van der Waals surface area (Å²) in [5, 5.41) is 0. The van der Waals surface area contributed by atoms with Crippen molar-refractivity contribution in [3.05, 3.63) is 35.9 Å². The Morgan fingerprint density at radius 1 is 0.966 bits per heavy atom. The van der Waals surface area contributed by atoms with Gasteiger partial charge in [0.15, 0.2) is 0 Å². The first-order valence-corrected chi connectivity index (χ1v) is 11.8. The lowest BCUT2D eigenvalue weighted by Crippen LogP contribution is -2.53. The predicted molar refractivity (Wildman–Crippen MR) is 117 cm³/mol. The maximum Gasteiger partial charge on any atom is 0.233 e. The summed E-state index contributed by atoms with van der Waals surface area (Å²) in [6.07, 6.45) is 8.57. The van der Waals surface area contributed by atoms with Crippen LogP contribution in [0.3, 0.4) is 0 Å². The van der Waals surface area contributed by atoms with Crippen LogP contribution in [0.25, 0.3) is 0 Å². The molecule has 4 aliphatic rings. The summed E-state index contributed by atoms with van der Waals surface area (Å²) in [7, 11) is 2.18. The average Bonchev–Trinajstić information content (AvgIpc) is 3.48. The van der Waals surface area contributed by atoms with Gasteiger partial charge in [-0.1, -0.05) is 30.3 Å². The molecule has 0 radical (unpaired) electrons. The van der Waals surface area contributed by atoms with Crippen molar-refractivity contribution in [3.8, 4) is 0 Å². The second-order valence-corrected chi connectivity index (χ2v) is 10.5. The molecule has 1 saturated carbocycles. The molecule has 4 nitrogen and oxygen atoms in total. The van der Waals surface area contributed by atoms with Crippen LogP contribution in [-0.2, 0) is 10.2 Å². The van der Waals surface area contributed by atoms with E-state index in [1.165, 1.54) is 57.3 Å². The summed E-state index contributed by atoms with van der Waals surface area (Å²) < 4.78 is 0. The van der Waals surface area contributed by atoms with Gasteiger partial charge in [-0.15, -0.1) is 0 Å². The fraction of sp³-hybridized carbons (Fsp3) is 0.720. The second kappa shape index (κ2) is 7.70. The van der Waals surface area contributed by atoms with Crippen LogP contribution in [0.4, 0.5) is 0 Å². The van der Waals surface area contributed by atoms with Gasteiger partial charge in [-0.3, -0.25) is 4.79 Å². The molecule has 0 N–H and O–H groups in total. The lowest BCUT2D eigenvalue weighted by atomic mass is 9.71. The Labute approximate surface area is 176 Å². The third kappa shape index (κ3) is 3.86. The quantitative estimate of drug-likeness (QED) is 0.782. The monoisotopic (exact) mass is 395 g/mol. The van der Waals surface area contributed by atoms with Gasteiger partial charge in [0.1, 0.15) is 0 Å². The Morgan fingerprint density at radius 2 is 1.72 bits per heavy atom. The molecular weight excluding hydrogens is 358 g/mol. The molecule has 1 amide bonds. The molecule has 4 fully saturated rings. The summed E-state index contributed by atoms with van der Waals surface area (Å²) in [6, 6.07) is 10.6. The van der Waals surface area contributed by atoms with Gasteiger partial charge in [-0.2, -0.15) is 0 Å². The number of amides is 1. The third-order valence-electron chi connectivity index (χ3n) is 8.26. The van der Waals surface area contributed by atoms with Crippen molar-refractivity contribution in [2.45, 2.75) is 50.4 Å². The minimum absolute atomic E-state index is 0.318. The summed E-state index contributed by atoms with van der Waals surface area (Å²) in [4.78, 5) is 21.4. The first-order chi connectivity index (χ1) is 14.1.